The van der Waals surface area contributed by atoms with Gasteiger partial charge in [0.05, 0.1) is 16.2 Å². The van der Waals surface area contributed by atoms with Crippen LogP contribution in [0.3, 0.4) is 0 Å². The van der Waals surface area contributed by atoms with E-state index in [2.05, 4.69) is 4.98 Å². The predicted octanol–water partition coefficient (Wildman–Crippen LogP) is 3.95. The number of benzene rings is 2. The number of thioether (sulfide) groups is 1. The summed E-state index contributed by atoms with van der Waals surface area (Å²) in [7, 11) is 0. The first-order valence-electron chi connectivity index (χ1n) is 7.97. The molecule has 2 aliphatic rings. The van der Waals surface area contributed by atoms with Crippen molar-refractivity contribution >= 4 is 29.1 Å². The Hall–Kier alpha value is -2.31. The SMILES string of the molecule is O=C1Oc2ccccc2[C@@H]2c3sc(=O)[nH]c3S[C@H](c3ccccc3)[C@H]12. The van der Waals surface area contributed by atoms with Gasteiger partial charge in [-0.25, -0.2) is 0 Å². The summed E-state index contributed by atoms with van der Waals surface area (Å²) < 4.78 is 5.64. The van der Waals surface area contributed by atoms with Gasteiger partial charge in [-0.15, -0.1) is 0 Å². The monoisotopic (exact) mass is 367 g/mol. The van der Waals surface area contributed by atoms with Crippen LogP contribution >= 0.6 is 23.1 Å². The first kappa shape index (κ1) is 15.0. The maximum Gasteiger partial charge on any atom is 0.316 e. The minimum absolute atomic E-state index is 0.0821. The summed E-state index contributed by atoms with van der Waals surface area (Å²) in [6.07, 6.45) is 0. The zero-order valence-electron chi connectivity index (χ0n) is 13.0. The van der Waals surface area contributed by atoms with E-state index in [4.69, 9.17) is 4.74 Å². The molecule has 3 heterocycles. The van der Waals surface area contributed by atoms with Crippen LogP contribution in [-0.4, -0.2) is 11.0 Å². The van der Waals surface area contributed by atoms with Crippen LogP contribution in [0.4, 0.5) is 0 Å². The summed E-state index contributed by atoms with van der Waals surface area (Å²) >= 11 is 2.75. The van der Waals surface area contributed by atoms with Crippen molar-refractivity contribution in [2.24, 2.45) is 5.92 Å². The Morgan fingerprint density at radius 3 is 2.56 bits per heavy atom. The molecule has 2 aromatic carbocycles. The van der Waals surface area contributed by atoms with Crippen LogP contribution in [0.1, 0.15) is 27.2 Å². The van der Waals surface area contributed by atoms with E-state index in [1.807, 2.05) is 54.6 Å². The molecule has 0 spiro atoms. The summed E-state index contributed by atoms with van der Waals surface area (Å²) in [6, 6.07) is 17.6. The van der Waals surface area contributed by atoms with Crippen molar-refractivity contribution in [2.75, 3.05) is 0 Å². The molecule has 3 atom stereocenters. The fourth-order valence-corrected chi connectivity index (χ4v) is 6.26. The second-order valence-corrected chi connectivity index (χ2v) is 8.29. The van der Waals surface area contributed by atoms with Crippen molar-refractivity contribution in [1.29, 1.82) is 0 Å². The molecule has 1 N–H and O–H groups in total. The van der Waals surface area contributed by atoms with Gasteiger partial charge < -0.3 is 9.72 Å². The number of para-hydroxylation sites is 1. The Morgan fingerprint density at radius 1 is 0.960 bits per heavy atom. The number of thiazole rings is 1. The van der Waals surface area contributed by atoms with Crippen LogP contribution in [0.15, 0.2) is 64.4 Å². The number of aromatic amines is 1. The van der Waals surface area contributed by atoms with Gasteiger partial charge in [0.25, 0.3) is 0 Å². The van der Waals surface area contributed by atoms with Crippen LogP contribution in [0, 0.1) is 5.92 Å². The lowest BCUT2D eigenvalue weighted by atomic mass is 9.78. The van der Waals surface area contributed by atoms with E-state index in [9.17, 15) is 9.59 Å². The normalized spacial score (nSPS) is 24.0. The van der Waals surface area contributed by atoms with Crippen molar-refractivity contribution in [2.45, 2.75) is 16.2 Å². The smallest absolute Gasteiger partial charge is 0.316 e. The highest BCUT2D eigenvalue weighted by molar-refractivity contribution is 7.99. The third kappa shape index (κ3) is 2.28. The molecule has 0 fully saturated rings. The number of fused-ring (bicyclic) bond motifs is 5. The third-order valence-corrected chi connectivity index (χ3v) is 7.19. The third-order valence-electron chi connectivity index (χ3n) is 4.72. The number of H-pyrrole nitrogens is 1. The van der Waals surface area contributed by atoms with Gasteiger partial charge in [0.2, 0.25) is 0 Å². The molecule has 3 aromatic rings. The fourth-order valence-electron chi connectivity index (χ4n) is 3.68. The van der Waals surface area contributed by atoms with Crippen LogP contribution in [0.5, 0.6) is 5.75 Å². The van der Waals surface area contributed by atoms with E-state index in [-0.39, 0.29) is 27.9 Å². The average molecular weight is 367 g/mol. The minimum Gasteiger partial charge on any atom is -0.426 e. The number of hydrogen-bond acceptors (Lipinski definition) is 5. The molecule has 0 saturated heterocycles. The number of ether oxygens (including phenoxy) is 1. The molecule has 2 aliphatic heterocycles. The molecule has 25 heavy (non-hydrogen) atoms. The molecule has 0 saturated carbocycles. The van der Waals surface area contributed by atoms with E-state index in [0.717, 1.165) is 21.0 Å². The van der Waals surface area contributed by atoms with E-state index in [0.29, 0.717) is 5.75 Å². The summed E-state index contributed by atoms with van der Waals surface area (Å²) in [5.74, 6) is -0.125. The van der Waals surface area contributed by atoms with E-state index in [1.165, 1.54) is 11.3 Å². The largest absolute Gasteiger partial charge is 0.426 e. The van der Waals surface area contributed by atoms with Crippen molar-refractivity contribution in [3.63, 3.8) is 0 Å². The highest BCUT2D eigenvalue weighted by Crippen LogP contribution is 2.58. The molecular formula is C19H13NO3S2. The quantitative estimate of drug-likeness (QED) is 0.523. The van der Waals surface area contributed by atoms with Gasteiger partial charge in [0.15, 0.2) is 0 Å². The van der Waals surface area contributed by atoms with Gasteiger partial charge in [-0.3, -0.25) is 9.59 Å². The van der Waals surface area contributed by atoms with Crippen LogP contribution in [0.2, 0.25) is 0 Å². The molecule has 0 bridgehead atoms. The maximum atomic E-state index is 12.9. The van der Waals surface area contributed by atoms with Crippen LogP contribution in [-0.2, 0) is 4.79 Å². The number of carbonyl (C=O) groups excluding carboxylic acids is 1. The van der Waals surface area contributed by atoms with Crippen molar-refractivity contribution in [3.8, 4) is 5.75 Å². The molecule has 0 radical (unpaired) electrons. The number of hydrogen-bond donors (Lipinski definition) is 1. The first-order chi connectivity index (χ1) is 12.2. The summed E-state index contributed by atoms with van der Waals surface area (Å²) in [6.45, 7) is 0. The first-order valence-corrected chi connectivity index (χ1v) is 9.67. The maximum absolute atomic E-state index is 12.9. The fraction of sp³-hybridized carbons (Fsp3) is 0.158. The highest BCUT2D eigenvalue weighted by Gasteiger charge is 2.49. The van der Waals surface area contributed by atoms with Crippen LogP contribution < -0.4 is 9.61 Å². The molecule has 0 unspecified atom stereocenters. The second-order valence-electron chi connectivity index (χ2n) is 6.12. The minimum atomic E-state index is -0.346. The Kier molecular flexibility index (Phi) is 3.36. The van der Waals surface area contributed by atoms with Crippen molar-refractivity contribution in [1.82, 2.24) is 4.98 Å². The Labute approximate surface area is 151 Å². The molecule has 0 amide bonds. The van der Waals surface area contributed by atoms with E-state index >= 15 is 0 Å². The van der Waals surface area contributed by atoms with Gasteiger partial charge in [-0.1, -0.05) is 71.6 Å². The Morgan fingerprint density at radius 2 is 1.72 bits per heavy atom. The molecule has 124 valence electrons. The lowest BCUT2D eigenvalue weighted by Crippen LogP contribution is -2.37. The number of nitrogens with one attached hydrogen (secondary N) is 1. The lowest BCUT2D eigenvalue weighted by molar-refractivity contribution is -0.140. The summed E-state index contributed by atoms with van der Waals surface area (Å²) in [4.78, 5) is 28.7. The Balaban J connectivity index is 1.75. The molecular weight excluding hydrogens is 354 g/mol. The molecule has 5 rings (SSSR count). The Bertz CT molecular complexity index is 1020. The van der Waals surface area contributed by atoms with Crippen LogP contribution in [0.25, 0.3) is 0 Å². The lowest BCUT2D eigenvalue weighted by Gasteiger charge is -2.39. The number of esters is 1. The molecule has 0 aliphatic carbocycles. The van der Waals surface area contributed by atoms with Gasteiger partial charge in [0.1, 0.15) is 5.75 Å². The molecule has 4 nitrogen and oxygen atoms in total. The number of rotatable bonds is 1. The zero-order valence-corrected chi connectivity index (χ0v) is 14.6. The molecule has 1 aromatic heterocycles. The van der Waals surface area contributed by atoms with Gasteiger partial charge in [0, 0.05) is 16.4 Å². The van der Waals surface area contributed by atoms with Gasteiger partial charge in [-0.2, -0.15) is 0 Å². The molecule has 6 heteroatoms. The van der Waals surface area contributed by atoms with E-state index in [1.54, 1.807) is 11.8 Å². The topological polar surface area (TPSA) is 59.2 Å². The average Bonchev–Trinajstić information content (AvgIpc) is 3.01. The van der Waals surface area contributed by atoms with Gasteiger partial charge in [-0.05, 0) is 11.6 Å². The van der Waals surface area contributed by atoms with Gasteiger partial charge >= 0.3 is 10.8 Å². The predicted molar refractivity (Wildman–Crippen MR) is 97.4 cm³/mol. The summed E-state index contributed by atoms with van der Waals surface area (Å²) in [5.41, 5.74) is 2.04. The summed E-state index contributed by atoms with van der Waals surface area (Å²) in [5, 5.41) is 0.777. The standard InChI is InChI=1S/C19H13NO3S2/c21-18-14-13(11-8-4-5-9-12(11)23-18)16-17(20-19(22)25-16)24-15(14)10-6-2-1-3-7-10/h1-9,13-15H,(H,20,22)/t13-,14+,15+/m0/s1. The van der Waals surface area contributed by atoms with E-state index < -0.39 is 0 Å². The highest BCUT2D eigenvalue weighted by atomic mass is 32.2. The zero-order chi connectivity index (χ0) is 17.0. The van der Waals surface area contributed by atoms with Crippen molar-refractivity contribution < 1.29 is 9.53 Å². The number of carbonyl (C=O) groups is 1. The van der Waals surface area contributed by atoms with Crippen molar-refractivity contribution in [3.05, 3.63) is 80.3 Å². The number of aromatic nitrogens is 1. The second kappa shape index (κ2) is 5.61.